The molecular formula is C13H16NOPr-. The van der Waals surface area contributed by atoms with Gasteiger partial charge in [0.25, 0.3) is 0 Å². The Morgan fingerprint density at radius 1 is 1.06 bits per heavy atom. The van der Waals surface area contributed by atoms with E-state index in [-0.39, 0.29) is 41.3 Å². The fourth-order valence-electron chi connectivity index (χ4n) is 2.99. The van der Waals surface area contributed by atoms with E-state index in [1.807, 2.05) is 30.3 Å². The van der Waals surface area contributed by atoms with Crippen LogP contribution >= 0.6 is 0 Å². The Morgan fingerprint density at radius 2 is 1.62 bits per heavy atom. The molecule has 2 aliphatic rings. The quantitative estimate of drug-likeness (QED) is 0.836. The molecular weight excluding hydrogens is 327 g/mol. The minimum atomic E-state index is -0.616. The van der Waals surface area contributed by atoms with Crippen LogP contribution in [0, 0.1) is 41.3 Å². The molecule has 16 heavy (non-hydrogen) atoms. The van der Waals surface area contributed by atoms with Gasteiger partial charge in [0.15, 0.2) is 0 Å². The van der Waals surface area contributed by atoms with Crippen molar-refractivity contribution in [2.24, 2.45) is 0 Å². The molecule has 2 unspecified atom stereocenters. The van der Waals surface area contributed by atoms with Crippen LogP contribution in [-0.4, -0.2) is 17.2 Å². The molecule has 1 N–H and O–H groups in total. The van der Waals surface area contributed by atoms with Gasteiger partial charge in [-0.2, -0.15) is 0 Å². The van der Waals surface area contributed by atoms with Crippen LogP contribution < -0.4 is 0 Å². The van der Waals surface area contributed by atoms with Crippen molar-refractivity contribution in [1.82, 2.24) is 0 Å². The summed E-state index contributed by atoms with van der Waals surface area (Å²) in [5, 5.41) is 15.3. The second-order valence-electron chi connectivity index (χ2n) is 4.84. The SMILES string of the molecule is OC1(c2ccccc2)CC2CCC(C1)[N-]2.[Pr]. The second-order valence-corrected chi connectivity index (χ2v) is 4.84. The largest absolute Gasteiger partial charge is 0.657 e. The van der Waals surface area contributed by atoms with Gasteiger partial charge in [0.1, 0.15) is 0 Å². The van der Waals surface area contributed by atoms with Crippen LogP contribution in [0.3, 0.4) is 0 Å². The van der Waals surface area contributed by atoms with E-state index in [2.05, 4.69) is 5.32 Å². The third-order valence-electron chi connectivity index (χ3n) is 3.71. The van der Waals surface area contributed by atoms with E-state index < -0.39 is 5.60 Å². The van der Waals surface area contributed by atoms with E-state index in [0.717, 1.165) is 18.4 Å². The molecule has 0 amide bonds. The molecule has 2 aliphatic heterocycles. The van der Waals surface area contributed by atoms with E-state index in [9.17, 15) is 5.11 Å². The van der Waals surface area contributed by atoms with E-state index in [1.165, 1.54) is 12.8 Å². The number of nitrogens with zero attached hydrogens (tertiary/aromatic N) is 1. The predicted octanol–water partition coefficient (Wildman–Crippen LogP) is 2.57. The molecule has 2 fully saturated rings. The Morgan fingerprint density at radius 3 is 2.19 bits per heavy atom. The zero-order valence-electron chi connectivity index (χ0n) is 9.34. The minimum absolute atomic E-state index is 0. The summed E-state index contributed by atoms with van der Waals surface area (Å²) in [5.41, 5.74) is 0.450. The molecule has 2 bridgehead atoms. The Labute approximate surface area is 130 Å². The number of hydrogen-bond donors (Lipinski definition) is 1. The molecule has 2 nitrogen and oxygen atoms in total. The first-order valence-electron chi connectivity index (χ1n) is 5.74. The number of fused-ring (bicyclic) bond motifs is 2. The van der Waals surface area contributed by atoms with Gasteiger partial charge in [-0.3, -0.25) is 0 Å². The van der Waals surface area contributed by atoms with E-state index >= 15 is 0 Å². The summed E-state index contributed by atoms with van der Waals surface area (Å²) in [5.74, 6) is 0. The third-order valence-corrected chi connectivity index (χ3v) is 3.71. The Kier molecular flexibility index (Phi) is 4.06. The van der Waals surface area contributed by atoms with Crippen molar-refractivity contribution in [3.8, 4) is 0 Å². The topological polar surface area (TPSA) is 34.3 Å². The summed E-state index contributed by atoms with van der Waals surface area (Å²) in [7, 11) is 0. The first-order valence-corrected chi connectivity index (χ1v) is 5.74. The summed E-state index contributed by atoms with van der Waals surface area (Å²) >= 11 is 0. The maximum Gasteiger partial charge on any atom is 0.0868 e. The van der Waals surface area contributed by atoms with Crippen LogP contribution in [0.15, 0.2) is 30.3 Å². The van der Waals surface area contributed by atoms with Gasteiger partial charge in [0.2, 0.25) is 0 Å². The van der Waals surface area contributed by atoms with Gasteiger partial charge in [-0.05, 0) is 18.4 Å². The van der Waals surface area contributed by atoms with Crippen molar-refractivity contribution in [2.75, 3.05) is 0 Å². The number of benzene rings is 1. The number of piperidine rings is 1. The van der Waals surface area contributed by atoms with Gasteiger partial charge in [-0.1, -0.05) is 43.2 Å². The van der Waals surface area contributed by atoms with E-state index in [4.69, 9.17) is 0 Å². The maximum atomic E-state index is 10.7. The zero-order chi connectivity index (χ0) is 10.3. The fraction of sp³-hybridized carbons (Fsp3) is 0.538. The third kappa shape index (κ3) is 2.36. The number of rotatable bonds is 1. The summed E-state index contributed by atoms with van der Waals surface area (Å²) in [6, 6.07) is 10.9. The summed E-state index contributed by atoms with van der Waals surface area (Å²) in [4.78, 5) is 0. The smallest absolute Gasteiger partial charge is 0.0868 e. The van der Waals surface area contributed by atoms with Gasteiger partial charge in [0, 0.05) is 41.3 Å². The molecule has 0 aliphatic carbocycles. The molecule has 3 heteroatoms. The van der Waals surface area contributed by atoms with Crippen molar-refractivity contribution in [1.29, 1.82) is 0 Å². The monoisotopic (exact) mass is 343 g/mol. The molecule has 2 heterocycles. The number of hydrogen-bond acceptors (Lipinski definition) is 1. The van der Waals surface area contributed by atoms with Crippen LogP contribution in [0.2, 0.25) is 0 Å². The van der Waals surface area contributed by atoms with Crippen LogP contribution in [0.5, 0.6) is 0 Å². The molecule has 1 aromatic carbocycles. The van der Waals surface area contributed by atoms with Gasteiger partial charge in [-0.15, -0.1) is 12.1 Å². The maximum absolute atomic E-state index is 10.7. The first kappa shape index (κ1) is 12.9. The molecule has 1 aromatic rings. The van der Waals surface area contributed by atoms with Crippen molar-refractivity contribution in [3.05, 3.63) is 41.2 Å². The molecule has 2 saturated heterocycles. The van der Waals surface area contributed by atoms with Crippen LogP contribution in [-0.2, 0) is 5.60 Å². The van der Waals surface area contributed by atoms with Crippen molar-refractivity contribution in [2.45, 2.75) is 43.4 Å². The molecule has 83 valence electrons. The van der Waals surface area contributed by atoms with Crippen molar-refractivity contribution < 1.29 is 46.4 Å². The standard InChI is InChI=1S/C13H16NO.Pr/c15-13(10-4-2-1-3-5-10)8-11-6-7-12(9-13)14-11;/h1-5,11-12,15H,6-9H2;/q-1;. The van der Waals surface area contributed by atoms with Crippen LogP contribution in [0.1, 0.15) is 31.2 Å². The fourth-order valence-corrected chi connectivity index (χ4v) is 2.99. The average Bonchev–Trinajstić information content (AvgIpc) is 2.60. The normalized spacial score (nSPS) is 36.8. The molecule has 3 rings (SSSR count). The van der Waals surface area contributed by atoms with Gasteiger partial charge in [0.05, 0.1) is 5.60 Å². The Bertz CT molecular complexity index is 342. The minimum Gasteiger partial charge on any atom is -0.657 e. The Hall–Kier alpha value is 0.504. The molecule has 0 saturated carbocycles. The summed E-state index contributed by atoms with van der Waals surface area (Å²) in [6.45, 7) is 0. The van der Waals surface area contributed by atoms with Gasteiger partial charge >= 0.3 is 0 Å². The average molecular weight is 343 g/mol. The number of aliphatic hydroxyl groups is 1. The summed E-state index contributed by atoms with van der Waals surface area (Å²) < 4.78 is 0. The Balaban J connectivity index is 0.000000963. The van der Waals surface area contributed by atoms with Crippen LogP contribution in [0.4, 0.5) is 0 Å². The first-order chi connectivity index (χ1) is 7.26. The van der Waals surface area contributed by atoms with E-state index in [0.29, 0.717) is 12.1 Å². The van der Waals surface area contributed by atoms with E-state index in [1.54, 1.807) is 0 Å². The molecule has 0 aromatic heterocycles. The van der Waals surface area contributed by atoms with Crippen LogP contribution in [0.25, 0.3) is 5.32 Å². The second kappa shape index (κ2) is 5.01. The molecule has 0 spiro atoms. The molecule has 1 radical (unpaired) electrons. The molecule has 2 atom stereocenters. The van der Waals surface area contributed by atoms with Crippen molar-refractivity contribution >= 4 is 0 Å². The summed E-state index contributed by atoms with van der Waals surface area (Å²) in [6.07, 6.45) is 3.96. The van der Waals surface area contributed by atoms with Crippen molar-refractivity contribution in [3.63, 3.8) is 0 Å². The van der Waals surface area contributed by atoms with Gasteiger partial charge < -0.3 is 10.4 Å². The zero-order valence-corrected chi connectivity index (χ0v) is 13.0. The predicted molar refractivity (Wildman–Crippen MR) is 59.7 cm³/mol. The van der Waals surface area contributed by atoms with Gasteiger partial charge in [-0.25, -0.2) is 0 Å².